The van der Waals surface area contributed by atoms with Crippen LogP contribution in [-0.4, -0.2) is 17.8 Å². The predicted molar refractivity (Wildman–Crippen MR) is 179 cm³/mol. The first-order valence-corrected chi connectivity index (χ1v) is 15.6. The maximum Gasteiger partial charge on any atom is 0.297 e. The number of nitrogens with zero attached hydrogens (tertiary/aromatic N) is 1. The van der Waals surface area contributed by atoms with Gasteiger partial charge >= 0.3 is 0 Å². The molecule has 0 atom stereocenters. The monoisotopic (exact) mass is 570 g/mol. The van der Waals surface area contributed by atoms with Crippen LogP contribution in [0.3, 0.4) is 0 Å². The summed E-state index contributed by atoms with van der Waals surface area (Å²) in [7, 11) is 0. The first-order valence-electron chi connectivity index (χ1n) is 15.6. The number of allylic oxidation sites excluding steroid dienone is 3. The summed E-state index contributed by atoms with van der Waals surface area (Å²) >= 11 is 0. The number of benzene rings is 2. The maximum atomic E-state index is 14.0. The molecule has 3 aromatic rings. The van der Waals surface area contributed by atoms with E-state index in [1.807, 2.05) is 28.8 Å². The molecule has 0 unspecified atom stereocenters. The smallest absolute Gasteiger partial charge is 0.297 e. The number of fused-ring (bicyclic) bond motifs is 1. The second kappa shape index (κ2) is 17.9. The molecule has 0 saturated carbocycles. The summed E-state index contributed by atoms with van der Waals surface area (Å²) in [5.74, 6) is 0.757. The number of anilines is 1. The summed E-state index contributed by atoms with van der Waals surface area (Å²) < 4.78 is 14.2. The second-order valence-corrected chi connectivity index (χ2v) is 11.2. The first-order chi connectivity index (χ1) is 20.4. The van der Waals surface area contributed by atoms with Gasteiger partial charge in [0, 0.05) is 24.2 Å². The third kappa shape index (κ3) is 10.3. The van der Waals surface area contributed by atoms with Crippen molar-refractivity contribution in [3.8, 4) is 11.5 Å². The van der Waals surface area contributed by atoms with Crippen molar-refractivity contribution in [2.24, 2.45) is 0 Å². The Morgan fingerprint density at radius 1 is 0.905 bits per heavy atom. The van der Waals surface area contributed by atoms with Crippen molar-refractivity contribution < 1.29 is 9.47 Å². The fourth-order valence-corrected chi connectivity index (χ4v) is 4.95. The Morgan fingerprint density at radius 3 is 2.38 bits per heavy atom. The van der Waals surface area contributed by atoms with Gasteiger partial charge in [-0.15, -0.1) is 0 Å². The molecule has 0 fully saturated rings. The second-order valence-electron chi connectivity index (χ2n) is 11.2. The molecule has 3 rings (SSSR count). The highest BCUT2D eigenvalue weighted by molar-refractivity contribution is 5.90. The molecule has 2 aromatic carbocycles. The minimum atomic E-state index is -0.155. The summed E-state index contributed by atoms with van der Waals surface area (Å²) in [5.41, 5.74) is 5.45. The van der Waals surface area contributed by atoms with Crippen LogP contribution in [0.2, 0.25) is 0 Å². The summed E-state index contributed by atoms with van der Waals surface area (Å²) in [6, 6.07) is 16.5. The molecule has 0 aliphatic rings. The van der Waals surface area contributed by atoms with Gasteiger partial charge in [-0.3, -0.25) is 4.79 Å². The Kier molecular flexibility index (Phi) is 14.0. The van der Waals surface area contributed by atoms with Crippen molar-refractivity contribution in [1.82, 2.24) is 4.57 Å². The van der Waals surface area contributed by atoms with E-state index in [1.165, 1.54) is 42.4 Å². The minimum absolute atomic E-state index is 0.155. The van der Waals surface area contributed by atoms with Crippen LogP contribution >= 0.6 is 0 Å². The standard InChI is InChI=1S/C37H50N2O3/c1-6-8-9-10-11-15-24-39-34-27-32(38-28-31-19-13-12-14-20-31)21-22-33(34)35(36(37(39)40)41-25-7-2)42-26-23-30(5)18-16-17-29(3)4/h7,12-14,17,19-23,27,38H,2,6,8-11,15-16,18,24-26,28H2,1,3-5H3/b30-23+. The number of rotatable bonds is 19. The van der Waals surface area contributed by atoms with Gasteiger partial charge in [0.2, 0.25) is 5.75 Å². The lowest BCUT2D eigenvalue weighted by atomic mass is 10.1. The number of nitrogens with one attached hydrogen (secondary N) is 1. The molecule has 0 aliphatic carbocycles. The third-order valence-electron chi connectivity index (χ3n) is 7.35. The number of ether oxygens (including phenoxy) is 2. The fourth-order valence-electron chi connectivity index (χ4n) is 4.95. The highest BCUT2D eigenvalue weighted by atomic mass is 16.5. The topological polar surface area (TPSA) is 52.5 Å². The van der Waals surface area contributed by atoms with Gasteiger partial charge in [-0.1, -0.05) is 99.2 Å². The van der Waals surface area contributed by atoms with Gasteiger partial charge in [-0.2, -0.15) is 0 Å². The third-order valence-corrected chi connectivity index (χ3v) is 7.35. The molecule has 1 heterocycles. The lowest BCUT2D eigenvalue weighted by Gasteiger charge is -2.19. The summed E-state index contributed by atoms with van der Waals surface area (Å²) in [4.78, 5) is 14.0. The number of aromatic nitrogens is 1. The van der Waals surface area contributed by atoms with E-state index in [4.69, 9.17) is 9.47 Å². The van der Waals surface area contributed by atoms with Gasteiger partial charge in [-0.05, 0) is 69.9 Å². The molecule has 0 radical (unpaired) electrons. The molecule has 0 spiro atoms. The Balaban J connectivity index is 1.95. The quantitative estimate of drug-likeness (QED) is 0.115. The van der Waals surface area contributed by atoms with E-state index in [1.54, 1.807) is 6.08 Å². The number of hydrogen-bond acceptors (Lipinski definition) is 4. The summed E-state index contributed by atoms with van der Waals surface area (Å²) in [6.45, 7) is 14.3. The number of aryl methyl sites for hydroxylation is 1. The molecule has 5 nitrogen and oxygen atoms in total. The van der Waals surface area contributed by atoms with Crippen LogP contribution in [0.25, 0.3) is 10.9 Å². The van der Waals surface area contributed by atoms with E-state index in [0.29, 0.717) is 25.4 Å². The number of unbranched alkanes of at least 4 members (excludes halogenated alkanes) is 5. The average molecular weight is 571 g/mol. The van der Waals surface area contributed by atoms with E-state index in [2.05, 4.69) is 76.0 Å². The molecule has 1 aromatic heterocycles. The van der Waals surface area contributed by atoms with E-state index >= 15 is 0 Å². The zero-order chi connectivity index (χ0) is 30.2. The van der Waals surface area contributed by atoms with Crippen molar-refractivity contribution in [1.29, 1.82) is 0 Å². The van der Waals surface area contributed by atoms with E-state index < -0.39 is 0 Å². The molecule has 0 saturated heterocycles. The highest BCUT2D eigenvalue weighted by Crippen LogP contribution is 2.35. The van der Waals surface area contributed by atoms with Crippen LogP contribution in [0.15, 0.2) is 89.3 Å². The van der Waals surface area contributed by atoms with Crippen LogP contribution in [-0.2, 0) is 13.1 Å². The van der Waals surface area contributed by atoms with Crippen molar-refractivity contribution >= 4 is 16.6 Å². The minimum Gasteiger partial charge on any atom is -0.485 e. The lowest BCUT2D eigenvalue weighted by Crippen LogP contribution is -2.24. The molecule has 42 heavy (non-hydrogen) atoms. The normalized spacial score (nSPS) is 11.4. The molecule has 1 N–H and O–H groups in total. The summed E-state index contributed by atoms with van der Waals surface area (Å²) in [5, 5.41) is 4.40. The maximum absolute atomic E-state index is 14.0. The SMILES string of the molecule is C=CCOc1c(OC/C=C(\C)CCC=C(C)C)c2ccc(NCc3ccccc3)cc2n(CCCCCCCC)c1=O. The Hall–Kier alpha value is -3.73. The van der Waals surface area contributed by atoms with Crippen LogP contribution in [0.4, 0.5) is 5.69 Å². The van der Waals surface area contributed by atoms with Crippen molar-refractivity contribution in [3.63, 3.8) is 0 Å². The van der Waals surface area contributed by atoms with Crippen LogP contribution in [0.1, 0.15) is 84.6 Å². The molecule has 5 heteroatoms. The Bertz CT molecular complexity index is 1380. The molecular formula is C37H50N2O3. The summed E-state index contributed by atoms with van der Waals surface area (Å²) in [6.07, 6.45) is 14.9. The largest absolute Gasteiger partial charge is 0.485 e. The van der Waals surface area contributed by atoms with Crippen molar-refractivity contribution in [2.45, 2.75) is 92.2 Å². The van der Waals surface area contributed by atoms with Crippen molar-refractivity contribution in [3.05, 3.63) is 100 Å². The van der Waals surface area contributed by atoms with Gasteiger partial charge < -0.3 is 19.4 Å². The van der Waals surface area contributed by atoms with E-state index in [0.717, 1.165) is 42.3 Å². The van der Waals surface area contributed by atoms with Crippen LogP contribution in [0.5, 0.6) is 11.5 Å². The zero-order valence-corrected chi connectivity index (χ0v) is 26.2. The van der Waals surface area contributed by atoms with Gasteiger partial charge in [0.1, 0.15) is 13.2 Å². The van der Waals surface area contributed by atoms with Gasteiger partial charge in [0.15, 0.2) is 5.75 Å². The van der Waals surface area contributed by atoms with Crippen molar-refractivity contribution in [2.75, 3.05) is 18.5 Å². The zero-order valence-electron chi connectivity index (χ0n) is 26.2. The first kappa shape index (κ1) is 32.8. The Morgan fingerprint density at radius 2 is 1.64 bits per heavy atom. The van der Waals surface area contributed by atoms with Gasteiger partial charge in [0.25, 0.3) is 5.56 Å². The van der Waals surface area contributed by atoms with Crippen LogP contribution in [0, 0.1) is 0 Å². The molecule has 0 aliphatic heterocycles. The highest BCUT2D eigenvalue weighted by Gasteiger charge is 2.20. The predicted octanol–water partition coefficient (Wildman–Crippen LogP) is 9.61. The Labute approximate surface area is 252 Å². The molecule has 0 bridgehead atoms. The van der Waals surface area contributed by atoms with Gasteiger partial charge in [-0.25, -0.2) is 0 Å². The fraction of sp³-hybridized carbons (Fsp3) is 0.432. The van der Waals surface area contributed by atoms with Crippen LogP contribution < -0.4 is 20.3 Å². The number of pyridine rings is 1. The van der Waals surface area contributed by atoms with E-state index in [-0.39, 0.29) is 17.9 Å². The average Bonchev–Trinajstić information content (AvgIpc) is 2.99. The molecule has 0 amide bonds. The number of hydrogen-bond donors (Lipinski definition) is 1. The lowest BCUT2D eigenvalue weighted by molar-refractivity contribution is 0.304. The van der Waals surface area contributed by atoms with Gasteiger partial charge in [0.05, 0.1) is 5.52 Å². The molecule has 226 valence electrons. The molecular weight excluding hydrogens is 520 g/mol. The van der Waals surface area contributed by atoms with E-state index in [9.17, 15) is 4.79 Å².